The summed E-state index contributed by atoms with van der Waals surface area (Å²) < 4.78 is 4.89. The molecule has 2 aliphatic rings. The van der Waals surface area contributed by atoms with Crippen LogP contribution in [-0.2, 0) is 12.5 Å². The second-order valence-electron chi connectivity index (χ2n) is 8.84. The molecule has 0 bridgehead atoms. The third-order valence-corrected chi connectivity index (χ3v) is 9.18. The van der Waals surface area contributed by atoms with E-state index < -0.39 is 0 Å². The molecular weight excluding hydrogens is 581 g/mol. The third-order valence-electron chi connectivity index (χ3n) is 7.34. The largest absolute Gasteiger partial charge is 0.343 e. The van der Waals surface area contributed by atoms with Crippen molar-refractivity contribution >= 4 is 55.0 Å². The zero-order valence-corrected chi connectivity index (χ0v) is 21.7. The molecule has 1 nitrogen and oxygen atoms in total. The maximum absolute atomic E-state index is 3.76. The van der Waals surface area contributed by atoms with Crippen LogP contribution in [0, 0.1) is 0 Å². The minimum absolute atomic E-state index is 0.311. The zero-order chi connectivity index (χ0) is 22.3. The number of allylic oxidation sites excluding steroid dienone is 1. The Morgan fingerprint density at radius 3 is 2.03 bits per heavy atom. The normalized spacial score (nSPS) is 15.2. The van der Waals surface area contributed by atoms with Crippen molar-refractivity contribution in [2.75, 3.05) is 0 Å². The van der Waals surface area contributed by atoms with E-state index in [1.165, 1.54) is 59.1 Å². The highest BCUT2D eigenvalue weighted by atomic mass is 127. The van der Waals surface area contributed by atoms with Crippen molar-refractivity contribution in [1.82, 2.24) is 4.57 Å². The van der Waals surface area contributed by atoms with Crippen molar-refractivity contribution in [2.45, 2.75) is 5.41 Å². The van der Waals surface area contributed by atoms with Crippen molar-refractivity contribution in [3.05, 3.63) is 133 Å². The highest BCUT2D eigenvalue weighted by Gasteiger charge is 2.54. The lowest BCUT2D eigenvalue weighted by molar-refractivity contribution is 0.816. The first-order valence-electron chi connectivity index (χ1n) is 11.1. The lowest BCUT2D eigenvalue weighted by Gasteiger charge is -2.30. The van der Waals surface area contributed by atoms with E-state index in [2.05, 4.69) is 147 Å². The monoisotopic (exact) mass is 599 g/mol. The summed E-state index contributed by atoms with van der Waals surface area (Å²) in [6, 6.07) is 35.5. The van der Waals surface area contributed by atoms with Gasteiger partial charge in [-0.05, 0) is 68.6 Å². The summed E-state index contributed by atoms with van der Waals surface area (Å²) in [6.45, 7) is 0. The van der Waals surface area contributed by atoms with Crippen LogP contribution < -0.4 is 0 Å². The molecule has 0 unspecified atom stereocenters. The number of fused-ring (bicyclic) bond motifs is 9. The Balaban J connectivity index is 1.75. The van der Waals surface area contributed by atoms with Gasteiger partial charge in [0.1, 0.15) is 0 Å². The third kappa shape index (κ3) is 2.37. The molecule has 0 fully saturated rings. The minimum Gasteiger partial charge on any atom is -0.343 e. The Bertz CT molecular complexity index is 1600. The van der Waals surface area contributed by atoms with Gasteiger partial charge in [-0.2, -0.15) is 0 Å². The molecule has 7 rings (SSSR count). The maximum Gasteiger partial charge on any atom is 0.0804 e. The van der Waals surface area contributed by atoms with Crippen molar-refractivity contribution in [3.63, 3.8) is 0 Å². The summed E-state index contributed by atoms with van der Waals surface area (Å²) in [4.78, 5) is 0. The van der Waals surface area contributed by atoms with Crippen molar-refractivity contribution < 1.29 is 0 Å². The fourth-order valence-electron chi connectivity index (χ4n) is 6.10. The van der Waals surface area contributed by atoms with Crippen molar-refractivity contribution in [2.24, 2.45) is 7.05 Å². The topological polar surface area (TPSA) is 4.93 Å². The second-order valence-corrected chi connectivity index (χ2v) is 10.8. The van der Waals surface area contributed by atoms with Gasteiger partial charge < -0.3 is 4.57 Å². The van der Waals surface area contributed by atoms with E-state index in [1.54, 1.807) is 0 Å². The molecule has 0 radical (unpaired) electrons. The van der Waals surface area contributed by atoms with E-state index in [0.29, 0.717) is 0 Å². The number of halogens is 2. The molecule has 3 heteroatoms. The molecule has 0 amide bonds. The fraction of sp³-hybridized carbons (Fsp3) is 0.0667. The Kier molecular flexibility index (Phi) is 4.16. The van der Waals surface area contributed by atoms with E-state index in [1.807, 2.05) is 0 Å². The first kappa shape index (κ1) is 19.8. The van der Waals surface area contributed by atoms with Gasteiger partial charge in [0.2, 0.25) is 0 Å². The number of aromatic nitrogens is 1. The standard InChI is InChI=1S/C30H19BrIN/c1-33-25-16-15-19(31)17-22(25)27-28(33)26(18-9-3-2-4-10-18)29(32)30(27)23-13-7-5-11-20(23)21-12-6-8-14-24(21)30/h2-17H,1H3. The number of hydrogen-bond donors (Lipinski definition) is 0. The number of benzene rings is 4. The molecule has 0 saturated heterocycles. The SMILES string of the molecule is Cn1c2c(c3cc(Br)ccc31)C1(C(I)=C2c2ccccc2)c2ccccc2-c2ccccc21. The summed E-state index contributed by atoms with van der Waals surface area (Å²) in [5, 5.41) is 1.31. The number of rotatable bonds is 1. The molecule has 1 heterocycles. The smallest absolute Gasteiger partial charge is 0.0804 e. The van der Waals surface area contributed by atoms with Gasteiger partial charge in [-0.25, -0.2) is 0 Å². The summed E-state index contributed by atoms with van der Waals surface area (Å²) in [5.41, 5.74) is 11.7. The van der Waals surface area contributed by atoms with Gasteiger partial charge in [0.25, 0.3) is 0 Å². The van der Waals surface area contributed by atoms with Gasteiger partial charge in [-0.3, -0.25) is 0 Å². The first-order chi connectivity index (χ1) is 16.1. The zero-order valence-electron chi connectivity index (χ0n) is 17.9. The van der Waals surface area contributed by atoms with Crippen LogP contribution >= 0.6 is 38.5 Å². The molecule has 5 aromatic rings. The van der Waals surface area contributed by atoms with E-state index >= 15 is 0 Å². The Labute approximate surface area is 215 Å². The van der Waals surface area contributed by atoms with Crippen LogP contribution in [0.4, 0.5) is 0 Å². The van der Waals surface area contributed by atoms with Crippen molar-refractivity contribution in [3.8, 4) is 11.1 Å². The van der Waals surface area contributed by atoms with Gasteiger partial charge in [0.05, 0.1) is 11.1 Å². The lowest BCUT2D eigenvalue weighted by Crippen LogP contribution is -2.25. The minimum atomic E-state index is -0.311. The molecular formula is C30H19BrIN. The lowest BCUT2D eigenvalue weighted by atomic mass is 9.74. The first-order valence-corrected chi connectivity index (χ1v) is 12.9. The van der Waals surface area contributed by atoms with Crippen LogP contribution in [0.2, 0.25) is 0 Å². The van der Waals surface area contributed by atoms with E-state index in [9.17, 15) is 0 Å². The highest BCUT2D eigenvalue weighted by molar-refractivity contribution is 14.1. The number of hydrogen-bond acceptors (Lipinski definition) is 0. The van der Waals surface area contributed by atoms with E-state index in [0.717, 1.165) is 4.47 Å². The predicted octanol–water partition coefficient (Wildman–Crippen LogP) is 8.46. The van der Waals surface area contributed by atoms with E-state index in [-0.39, 0.29) is 5.41 Å². The van der Waals surface area contributed by atoms with Crippen LogP contribution in [0.1, 0.15) is 27.9 Å². The van der Waals surface area contributed by atoms with Gasteiger partial charge in [0, 0.05) is 37.1 Å². The summed E-state index contributed by atoms with van der Waals surface area (Å²) >= 11 is 6.41. The summed E-state index contributed by atoms with van der Waals surface area (Å²) in [5.74, 6) is 0. The molecule has 0 aliphatic heterocycles. The Morgan fingerprint density at radius 2 is 1.36 bits per heavy atom. The Hall–Kier alpha value is -2.63. The van der Waals surface area contributed by atoms with Gasteiger partial charge in [-0.1, -0.05) is 94.8 Å². The summed E-state index contributed by atoms with van der Waals surface area (Å²) in [6.07, 6.45) is 0. The Morgan fingerprint density at radius 1 is 0.758 bits per heavy atom. The van der Waals surface area contributed by atoms with E-state index in [4.69, 9.17) is 0 Å². The second kappa shape index (κ2) is 6.94. The molecule has 4 aromatic carbocycles. The van der Waals surface area contributed by atoms with Crippen molar-refractivity contribution in [1.29, 1.82) is 0 Å². The van der Waals surface area contributed by atoms with Crippen LogP contribution in [-0.4, -0.2) is 4.57 Å². The average Bonchev–Trinajstić information content (AvgIpc) is 3.41. The molecule has 1 spiro atoms. The van der Waals surface area contributed by atoms with Crippen LogP contribution in [0.25, 0.3) is 27.6 Å². The van der Waals surface area contributed by atoms with Crippen LogP contribution in [0.5, 0.6) is 0 Å². The highest BCUT2D eigenvalue weighted by Crippen LogP contribution is 2.65. The fourth-order valence-corrected chi connectivity index (χ4v) is 7.88. The quantitative estimate of drug-likeness (QED) is 0.170. The molecule has 0 N–H and O–H groups in total. The number of nitrogens with zero attached hydrogens (tertiary/aromatic N) is 1. The summed E-state index contributed by atoms with van der Waals surface area (Å²) in [7, 11) is 2.22. The molecule has 0 saturated carbocycles. The predicted molar refractivity (Wildman–Crippen MR) is 149 cm³/mol. The molecule has 1 aromatic heterocycles. The maximum atomic E-state index is 3.76. The van der Waals surface area contributed by atoms with Gasteiger partial charge in [-0.15, -0.1) is 0 Å². The van der Waals surface area contributed by atoms with Crippen LogP contribution in [0.15, 0.2) is 105 Å². The van der Waals surface area contributed by atoms with Gasteiger partial charge in [0.15, 0.2) is 0 Å². The number of aryl methyl sites for hydroxylation is 1. The molecule has 33 heavy (non-hydrogen) atoms. The molecule has 0 atom stereocenters. The average molecular weight is 600 g/mol. The van der Waals surface area contributed by atoms with Crippen LogP contribution in [0.3, 0.4) is 0 Å². The molecule has 158 valence electrons. The molecule has 2 aliphatic carbocycles. The van der Waals surface area contributed by atoms with Gasteiger partial charge >= 0.3 is 0 Å².